The largest absolute Gasteiger partial charge is 0.480 e. The molecular formula is C15H15NO4. The number of rotatable bonds is 3. The number of nitrogens with zero attached hydrogens (tertiary/aromatic N) is 1. The van der Waals surface area contributed by atoms with Crippen molar-refractivity contribution in [1.82, 2.24) is 4.90 Å². The number of hydrogen-bond acceptors (Lipinski definition) is 3. The third-order valence-electron chi connectivity index (χ3n) is 3.28. The van der Waals surface area contributed by atoms with E-state index in [9.17, 15) is 9.59 Å². The number of terminal acetylenes is 1. The lowest BCUT2D eigenvalue weighted by atomic mass is 10.2. The number of ether oxygens (including phenoxy) is 1. The van der Waals surface area contributed by atoms with E-state index in [1.807, 2.05) is 30.3 Å². The van der Waals surface area contributed by atoms with E-state index >= 15 is 0 Å². The molecule has 1 N–H and O–H groups in total. The van der Waals surface area contributed by atoms with Gasteiger partial charge in [-0.05, 0) is 18.4 Å². The van der Waals surface area contributed by atoms with Crippen molar-refractivity contribution in [2.75, 3.05) is 0 Å². The number of benzene rings is 1. The van der Waals surface area contributed by atoms with Gasteiger partial charge in [-0.1, -0.05) is 36.3 Å². The fraction of sp³-hybridized carbons (Fsp3) is 0.333. The van der Waals surface area contributed by atoms with Crippen LogP contribution >= 0.6 is 0 Å². The van der Waals surface area contributed by atoms with Gasteiger partial charge in [0.1, 0.15) is 12.6 Å². The smallest absolute Gasteiger partial charge is 0.411 e. The lowest BCUT2D eigenvalue weighted by molar-refractivity contribution is -0.141. The van der Waals surface area contributed by atoms with Gasteiger partial charge in [-0.25, -0.2) is 9.59 Å². The summed E-state index contributed by atoms with van der Waals surface area (Å²) in [6, 6.07) is 7.77. The van der Waals surface area contributed by atoms with Crippen LogP contribution in [0.5, 0.6) is 0 Å². The maximum atomic E-state index is 12.0. The number of carbonyl (C=O) groups excluding carboxylic acids is 1. The average Bonchev–Trinajstić information content (AvgIpc) is 2.90. The number of amides is 1. The summed E-state index contributed by atoms with van der Waals surface area (Å²) in [5.41, 5.74) is 0.837. The zero-order valence-corrected chi connectivity index (χ0v) is 10.9. The first-order chi connectivity index (χ1) is 9.63. The van der Waals surface area contributed by atoms with E-state index in [4.69, 9.17) is 16.3 Å². The Labute approximate surface area is 117 Å². The molecule has 1 saturated heterocycles. The Hall–Kier alpha value is -2.48. The molecule has 1 fully saturated rings. The Morgan fingerprint density at radius 2 is 2.05 bits per heavy atom. The number of carbonyl (C=O) groups is 2. The van der Waals surface area contributed by atoms with Crippen LogP contribution in [0.4, 0.5) is 4.79 Å². The van der Waals surface area contributed by atoms with Crippen molar-refractivity contribution >= 4 is 12.1 Å². The average molecular weight is 273 g/mol. The minimum atomic E-state index is -1.06. The Kier molecular flexibility index (Phi) is 4.26. The summed E-state index contributed by atoms with van der Waals surface area (Å²) in [6.07, 6.45) is 5.49. The second-order valence-electron chi connectivity index (χ2n) is 4.56. The molecule has 0 unspecified atom stereocenters. The monoisotopic (exact) mass is 273 g/mol. The number of carboxylic acid groups (broad SMARTS) is 1. The van der Waals surface area contributed by atoms with Crippen molar-refractivity contribution in [1.29, 1.82) is 0 Å². The number of aliphatic carboxylic acids is 1. The molecule has 0 spiro atoms. The van der Waals surface area contributed by atoms with Gasteiger partial charge < -0.3 is 9.84 Å². The first-order valence-electron chi connectivity index (χ1n) is 6.31. The molecule has 1 aromatic carbocycles. The van der Waals surface area contributed by atoms with Gasteiger partial charge in [-0.3, -0.25) is 4.90 Å². The quantitative estimate of drug-likeness (QED) is 0.854. The van der Waals surface area contributed by atoms with Crippen molar-refractivity contribution in [2.24, 2.45) is 0 Å². The van der Waals surface area contributed by atoms with Crippen molar-refractivity contribution in [3.8, 4) is 12.3 Å². The highest BCUT2D eigenvalue weighted by atomic mass is 16.6. The van der Waals surface area contributed by atoms with Gasteiger partial charge in [0.15, 0.2) is 0 Å². The fourth-order valence-corrected chi connectivity index (χ4v) is 2.27. The van der Waals surface area contributed by atoms with Crippen LogP contribution in [0.3, 0.4) is 0 Å². The Morgan fingerprint density at radius 1 is 1.35 bits per heavy atom. The van der Waals surface area contributed by atoms with E-state index in [0.717, 1.165) is 10.5 Å². The molecular weight excluding hydrogens is 258 g/mol. The van der Waals surface area contributed by atoms with Gasteiger partial charge >= 0.3 is 12.1 Å². The highest BCUT2D eigenvalue weighted by molar-refractivity contribution is 5.81. The molecule has 104 valence electrons. The Morgan fingerprint density at radius 3 is 2.65 bits per heavy atom. The second-order valence-corrected chi connectivity index (χ2v) is 4.56. The van der Waals surface area contributed by atoms with E-state index in [1.54, 1.807) is 0 Å². The predicted octanol–water partition coefficient (Wildman–Crippen LogP) is 1.87. The summed E-state index contributed by atoms with van der Waals surface area (Å²) in [4.78, 5) is 24.3. The molecule has 0 saturated carbocycles. The van der Waals surface area contributed by atoms with Gasteiger partial charge in [0.25, 0.3) is 0 Å². The predicted molar refractivity (Wildman–Crippen MR) is 71.7 cm³/mol. The second kappa shape index (κ2) is 6.11. The van der Waals surface area contributed by atoms with E-state index in [1.165, 1.54) is 0 Å². The minimum absolute atomic E-state index is 0.0970. The molecule has 5 nitrogen and oxygen atoms in total. The molecule has 1 amide bonds. The van der Waals surface area contributed by atoms with Crippen molar-refractivity contribution in [3.63, 3.8) is 0 Å². The first kappa shape index (κ1) is 13.9. The lowest BCUT2D eigenvalue weighted by Crippen LogP contribution is -2.44. The maximum absolute atomic E-state index is 12.0. The first-order valence-corrected chi connectivity index (χ1v) is 6.31. The van der Waals surface area contributed by atoms with Gasteiger partial charge in [0.05, 0.1) is 6.04 Å². The van der Waals surface area contributed by atoms with Crippen LogP contribution in [0.1, 0.15) is 18.4 Å². The molecule has 1 aliphatic rings. The van der Waals surface area contributed by atoms with Gasteiger partial charge in [0, 0.05) is 0 Å². The van der Waals surface area contributed by atoms with Crippen molar-refractivity contribution in [2.45, 2.75) is 31.5 Å². The third kappa shape index (κ3) is 2.91. The molecule has 1 heterocycles. The lowest BCUT2D eigenvalue weighted by Gasteiger charge is -2.24. The highest BCUT2D eigenvalue weighted by Crippen LogP contribution is 2.25. The van der Waals surface area contributed by atoms with Gasteiger partial charge in [-0.2, -0.15) is 0 Å². The van der Waals surface area contributed by atoms with Crippen LogP contribution in [0.2, 0.25) is 0 Å². The molecule has 1 aliphatic heterocycles. The van der Waals surface area contributed by atoms with E-state index < -0.39 is 24.1 Å². The number of carboxylic acids is 1. The summed E-state index contributed by atoms with van der Waals surface area (Å²) >= 11 is 0. The molecule has 2 rings (SSSR count). The summed E-state index contributed by atoms with van der Waals surface area (Å²) in [7, 11) is 0. The summed E-state index contributed by atoms with van der Waals surface area (Å²) in [6.45, 7) is 0.0970. The van der Waals surface area contributed by atoms with Crippen molar-refractivity contribution in [3.05, 3.63) is 35.9 Å². The zero-order chi connectivity index (χ0) is 14.5. The fourth-order valence-electron chi connectivity index (χ4n) is 2.27. The molecule has 0 radical (unpaired) electrons. The normalized spacial score (nSPS) is 21.2. The molecule has 0 aromatic heterocycles. The summed E-state index contributed by atoms with van der Waals surface area (Å²) in [5, 5.41) is 9.11. The van der Waals surface area contributed by atoms with Crippen LogP contribution in [0, 0.1) is 12.3 Å². The van der Waals surface area contributed by atoms with E-state index in [2.05, 4.69) is 5.92 Å². The summed E-state index contributed by atoms with van der Waals surface area (Å²) in [5.74, 6) is 1.38. The maximum Gasteiger partial charge on any atom is 0.411 e. The van der Waals surface area contributed by atoms with Crippen LogP contribution in [-0.4, -0.2) is 34.2 Å². The Balaban J connectivity index is 2.02. The van der Waals surface area contributed by atoms with Crippen LogP contribution in [0.25, 0.3) is 0 Å². The molecule has 2 atom stereocenters. The highest BCUT2D eigenvalue weighted by Gasteiger charge is 2.41. The molecule has 1 aromatic rings. The van der Waals surface area contributed by atoms with Crippen molar-refractivity contribution < 1.29 is 19.4 Å². The number of hydrogen-bond donors (Lipinski definition) is 1. The standard InChI is InChI=1S/C15H15NO4/c1-2-12-8-9-13(14(17)18)16(12)15(19)20-10-11-6-4-3-5-7-11/h1,3-7,12-13H,8-10H2,(H,17,18)/t12-,13-/m0/s1. The SMILES string of the molecule is C#C[C@H]1CC[C@@H](C(=O)O)N1C(=O)OCc1ccccc1. The molecule has 0 bridgehead atoms. The van der Waals surface area contributed by atoms with Crippen LogP contribution < -0.4 is 0 Å². The molecule has 0 aliphatic carbocycles. The molecule has 5 heteroatoms. The summed E-state index contributed by atoms with van der Waals surface area (Å²) < 4.78 is 5.15. The number of likely N-dealkylation sites (tertiary alicyclic amines) is 1. The minimum Gasteiger partial charge on any atom is -0.480 e. The van der Waals surface area contributed by atoms with Gasteiger partial charge in [0.2, 0.25) is 0 Å². The van der Waals surface area contributed by atoms with Gasteiger partial charge in [-0.15, -0.1) is 6.42 Å². The van der Waals surface area contributed by atoms with Crippen LogP contribution in [-0.2, 0) is 16.1 Å². The Bertz CT molecular complexity index is 535. The van der Waals surface area contributed by atoms with E-state index in [-0.39, 0.29) is 6.61 Å². The molecule has 20 heavy (non-hydrogen) atoms. The zero-order valence-electron chi connectivity index (χ0n) is 10.9. The topological polar surface area (TPSA) is 66.8 Å². The van der Waals surface area contributed by atoms with E-state index in [0.29, 0.717) is 12.8 Å². The van der Waals surface area contributed by atoms with Crippen LogP contribution in [0.15, 0.2) is 30.3 Å². The third-order valence-corrected chi connectivity index (χ3v) is 3.28.